The summed E-state index contributed by atoms with van der Waals surface area (Å²) in [7, 11) is 3.52. The van der Waals surface area contributed by atoms with Gasteiger partial charge in [-0.25, -0.2) is 0 Å². The van der Waals surface area contributed by atoms with Gasteiger partial charge in [-0.1, -0.05) is 45.7 Å². The van der Waals surface area contributed by atoms with E-state index in [1.807, 2.05) is 0 Å². The Kier molecular flexibility index (Phi) is 9.63. The quantitative estimate of drug-likeness (QED) is 0.406. The van der Waals surface area contributed by atoms with Crippen molar-refractivity contribution in [1.29, 1.82) is 0 Å². The average Bonchev–Trinajstić information content (AvgIpc) is 2.71. The summed E-state index contributed by atoms with van der Waals surface area (Å²) in [4.78, 5) is 2.62. The van der Waals surface area contributed by atoms with Gasteiger partial charge in [0, 0.05) is 10.9 Å². The Morgan fingerprint density at radius 3 is 2.21 bits per heavy atom. The summed E-state index contributed by atoms with van der Waals surface area (Å²) in [5, 5.41) is 2.40. The molecule has 156 valence electrons. The Bertz CT molecular complexity index is 726. The fourth-order valence-electron chi connectivity index (χ4n) is 4.03. The van der Waals surface area contributed by atoms with Crippen LogP contribution in [0.25, 0.3) is 10.8 Å². The van der Waals surface area contributed by atoms with E-state index in [2.05, 4.69) is 49.9 Å². The van der Waals surface area contributed by atoms with Gasteiger partial charge in [-0.3, -0.25) is 0 Å². The zero-order chi connectivity index (χ0) is 20.4. The average molecular weight is 386 g/mol. The Balaban J connectivity index is 2.18. The molecule has 0 radical (unpaired) electrons. The van der Waals surface area contributed by atoms with Crippen molar-refractivity contribution in [2.75, 3.05) is 33.9 Å². The van der Waals surface area contributed by atoms with Crippen LogP contribution in [-0.4, -0.2) is 38.8 Å². The Labute approximate surface area is 172 Å². The fraction of sp³-hybridized carbons (Fsp3) is 0.600. The van der Waals surface area contributed by atoms with Crippen molar-refractivity contribution in [1.82, 2.24) is 4.90 Å². The third kappa shape index (κ3) is 5.88. The molecular formula is C25H39NO2. The van der Waals surface area contributed by atoms with E-state index in [9.17, 15) is 0 Å². The predicted molar refractivity (Wildman–Crippen MR) is 121 cm³/mol. The summed E-state index contributed by atoms with van der Waals surface area (Å²) in [5.74, 6) is 1.92. The van der Waals surface area contributed by atoms with Crippen LogP contribution in [0, 0.1) is 0 Å². The molecule has 0 atom stereocenters. The fourth-order valence-corrected chi connectivity index (χ4v) is 4.03. The van der Waals surface area contributed by atoms with Gasteiger partial charge in [0.15, 0.2) is 0 Å². The van der Waals surface area contributed by atoms with Gasteiger partial charge in [0.05, 0.1) is 14.2 Å². The topological polar surface area (TPSA) is 21.7 Å². The third-order valence-electron chi connectivity index (χ3n) is 5.45. The summed E-state index contributed by atoms with van der Waals surface area (Å²) < 4.78 is 11.5. The maximum atomic E-state index is 5.84. The molecule has 2 aromatic carbocycles. The van der Waals surface area contributed by atoms with Crippen LogP contribution in [-0.2, 0) is 12.8 Å². The third-order valence-corrected chi connectivity index (χ3v) is 5.45. The van der Waals surface area contributed by atoms with Gasteiger partial charge in [-0.15, -0.1) is 0 Å². The number of aryl methyl sites for hydroxylation is 1. The minimum atomic E-state index is 0.935. The van der Waals surface area contributed by atoms with Gasteiger partial charge in [0.2, 0.25) is 0 Å². The van der Waals surface area contributed by atoms with E-state index >= 15 is 0 Å². The number of benzene rings is 2. The molecule has 0 amide bonds. The maximum Gasteiger partial charge on any atom is 0.133 e. The van der Waals surface area contributed by atoms with Gasteiger partial charge < -0.3 is 14.4 Å². The zero-order valence-corrected chi connectivity index (χ0v) is 18.6. The number of methoxy groups -OCH3 is 2. The highest BCUT2D eigenvalue weighted by atomic mass is 16.5. The lowest BCUT2D eigenvalue weighted by atomic mass is 9.98. The number of rotatable bonds is 13. The SMILES string of the molecule is CCCCN(CCC)CCCc1ccc2cc(OC)c(CCC)c(OC)c2c1. The lowest BCUT2D eigenvalue weighted by Gasteiger charge is -2.21. The molecule has 0 heterocycles. The highest BCUT2D eigenvalue weighted by molar-refractivity contribution is 5.92. The maximum absolute atomic E-state index is 5.84. The molecule has 0 aromatic heterocycles. The van der Waals surface area contributed by atoms with E-state index in [4.69, 9.17) is 9.47 Å². The van der Waals surface area contributed by atoms with Crippen molar-refractivity contribution < 1.29 is 9.47 Å². The van der Waals surface area contributed by atoms with Crippen LogP contribution in [0.4, 0.5) is 0 Å². The minimum absolute atomic E-state index is 0.935. The molecular weight excluding hydrogens is 346 g/mol. The highest BCUT2D eigenvalue weighted by Gasteiger charge is 2.15. The van der Waals surface area contributed by atoms with Crippen molar-refractivity contribution in [3.8, 4) is 11.5 Å². The molecule has 0 saturated carbocycles. The first-order valence-corrected chi connectivity index (χ1v) is 11.1. The predicted octanol–water partition coefficient (Wildman–Crippen LogP) is 6.25. The van der Waals surface area contributed by atoms with Crippen molar-refractivity contribution in [3.05, 3.63) is 35.4 Å². The lowest BCUT2D eigenvalue weighted by molar-refractivity contribution is 0.267. The Morgan fingerprint density at radius 2 is 1.57 bits per heavy atom. The second-order valence-corrected chi connectivity index (χ2v) is 7.69. The van der Waals surface area contributed by atoms with Gasteiger partial charge in [-0.05, 0) is 74.8 Å². The van der Waals surface area contributed by atoms with E-state index in [0.29, 0.717) is 0 Å². The van der Waals surface area contributed by atoms with Gasteiger partial charge in [0.1, 0.15) is 11.5 Å². The molecule has 0 unspecified atom stereocenters. The Hall–Kier alpha value is -1.74. The molecule has 0 fully saturated rings. The van der Waals surface area contributed by atoms with Crippen LogP contribution in [0.15, 0.2) is 24.3 Å². The number of fused-ring (bicyclic) bond motifs is 1. The Morgan fingerprint density at radius 1 is 0.786 bits per heavy atom. The molecule has 2 aromatic rings. The molecule has 0 N–H and O–H groups in total. The van der Waals surface area contributed by atoms with Crippen molar-refractivity contribution >= 4 is 10.8 Å². The van der Waals surface area contributed by atoms with Crippen molar-refractivity contribution in [2.24, 2.45) is 0 Å². The van der Waals surface area contributed by atoms with Gasteiger partial charge in [0.25, 0.3) is 0 Å². The summed E-state index contributed by atoms with van der Waals surface area (Å²) in [6.07, 6.45) is 8.16. The molecule has 0 saturated heterocycles. The van der Waals surface area contributed by atoms with Crippen molar-refractivity contribution in [2.45, 2.75) is 65.7 Å². The van der Waals surface area contributed by atoms with Crippen LogP contribution in [0.5, 0.6) is 11.5 Å². The monoisotopic (exact) mass is 385 g/mol. The van der Waals surface area contributed by atoms with E-state index in [-0.39, 0.29) is 0 Å². The molecule has 28 heavy (non-hydrogen) atoms. The second kappa shape index (κ2) is 12.0. The first-order chi connectivity index (χ1) is 13.7. The minimum Gasteiger partial charge on any atom is -0.496 e. The van der Waals surface area contributed by atoms with Crippen molar-refractivity contribution in [3.63, 3.8) is 0 Å². The number of nitrogens with zero attached hydrogens (tertiary/aromatic N) is 1. The summed E-state index contributed by atoms with van der Waals surface area (Å²) >= 11 is 0. The summed E-state index contributed by atoms with van der Waals surface area (Å²) in [5.41, 5.74) is 2.58. The largest absolute Gasteiger partial charge is 0.496 e. The molecule has 0 aliphatic rings. The number of hydrogen-bond acceptors (Lipinski definition) is 3. The molecule has 0 spiro atoms. The van der Waals surface area contributed by atoms with Crippen LogP contribution in [0.3, 0.4) is 0 Å². The van der Waals surface area contributed by atoms with Crippen LogP contribution in [0.1, 0.15) is 64.0 Å². The van der Waals surface area contributed by atoms with Crippen LogP contribution >= 0.6 is 0 Å². The molecule has 3 heteroatoms. The molecule has 0 bridgehead atoms. The summed E-state index contributed by atoms with van der Waals surface area (Å²) in [6.45, 7) is 10.4. The molecule has 3 nitrogen and oxygen atoms in total. The molecule has 0 aliphatic carbocycles. The standard InChI is InChI=1S/C25H39NO2/c1-6-9-16-26(15-8-3)17-10-12-20-13-14-21-19-24(27-4)22(11-7-2)25(28-5)23(21)18-20/h13-14,18-19H,6-12,15-17H2,1-5H3. The highest BCUT2D eigenvalue weighted by Crippen LogP contribution is 2.38. The summed E-state index contributed by atoms with van der Waals surface area (Å²) in [6, 6.07) is 8.95. The normalized spacial score (nSPS) is 11.4. The van der Waals surface area contributed by atoms with E-state index in [0.717, 1.165) is 30.8 Å². The van der Waals surface area contributed by atoms with Gasteiger partial charge in [-0.2, -0.15) is 0 Å². The zero-order valence-electron chi connectivity index (χ0n) is 18.6. The van der Waals surface area contributed by atoms with Crippen LogP contribution < -0.4 is 9.47 Å². The first-order valence-electron chi connectivity index (χ1n) is 11.1. The number of hydrogen-bond donors (Lipinski definition) is 0. The first kappa shape index (κ1) is 22.5. The lowest BCUT2D eigenvalue weighted by Crippen LogP contribution is -2.27. The number of unbranched alkanes of at least 4 members (excludes halogenated alkanes) is 1. The number of ether oxygens (including phenoxy) is 2. The molecule has 0 aliphatic heterocycles. The van der Waals surface area contributed by atoms with E-state index in [1.54, 1.807) is 14.2 Å². The van der Waals surface area contributed by atoms with E-state index < -0.39 is 0 Å². The second-order valence-electron chi connectivity index (χ2n) is 7.69. The van der Waals surface area contributed by atoms with Crippen LogP contribution in [0.2, 0.25) is 0 Å². The van der Waals surface area contributed by atoms with Gasteiger partial charge >= 0.3 is 0 Å². The van der Waals surface area contributed by atoms with E-state index in [1.165, 1.54) is 67.2 Å². The molecule has 2 rings (SSSR count). The smallest absolute Gasteiger partial charge is 0.133 e.